The molecule has 1 aliphatic carbocycles. The third kappa shape index (κ3) is 5.53. The van der Waals surface area contributed by atoms with Crippen LogP contribution >= 0.6 is 22.3 Å². The fourth-order valence-electron chi connectivity index (χ4n) is 4.88. The number of alkyl halides is 2. The topological polar surface area (TPSA) is 44.1 Å². The number of benzene rings is 1. The second-order valence-electron chi connectivity index (χ2n) is 9.51. The minimum atomic E-state index is -2.61. The lowest BCUT2D eigenvalue weighted by atomic mass is 9.90. The molecule has 5 nitrogen and oxygen atoms in total. The maximum atomic E-state index is 13.9. The van der Waals surface area contributed by atoms with Gasteiger partial charge in [-0.05, 0) is 69.1 Å². The molecule has 2 aliphatic heterocycles. The van der Waals surface area contributed by atoms with Crippen LogP contribution in [0.5, 0.6) is 0 Å². The Balaban J connectivity index is 1.31. The van der Waals surface area contributed by atoms with E-state index in [-0.39, 0.29) is 27.8 Å². The van der Waals surface area contributed by atoms with E-state index in [1.54, 1.807) is 18.3 Å². The molecule has 3 aliphatic rings. The molecule has 1 saturated carbocycles. The number of rotatable bonds is 8. The van der Waals surface area contributed by atoms with Gasteiger partial charge in [0.15, 0.2) is 0 Å². The van der Waals surface area contributed by atoms with Gasteiger partial charge in [0.1, 0.15) is 11.5 Å². The number of likely N-dealkylation sites (tertiary alicyclic amines) is 1. The number of aromatic nitrogens is 1. The first kappa shape index (κ1) is 25.4. The summed E-state index contributed by atoms with van der Waals surface area (Å²) in [4.78, 5) is 7.20. The third-order valence-electron chi connectivity index (χ3n) is 7.29. The normalized spacial score (nSPS) is 20.2. The van der Waals surface area contributed by atoms with E-state index in [0.717, 1.165) is 43.4 Å². The second-order valence-corrected chi connectivity index (χ2v) is 11.8. The zero-order valence-corrected chi connectivity index (χ0v) is 21.5. The van der Waals surface area contributed by atoms with Gasteiger partial charge in [-0.3, -0.25) is 4.98 Å². The molecule has 1 saturated heterocycles. The minimum Gasteiger partial charge on any atom is -0.316 e. The average Bonchev–Trinajstić information content (AvgIpc) is 3.35. The largest absolute Gasteiger partial charge is 0.316 e. The van der Waals surface area contributed by atoms with Gasteiger partial charge in [-0.25, -0.2) is 13.2 Å². The van der Waals surface area contributed by atoms with Crippen LogP contribution in [0.15, 0.2) is 46.7 Å². The predicted molar refractivity (Wildman–Crippen MR) is 143 cm³/mol. The summed E-state index contributed by atoms with van der Waals surface area (Å²) < 4.78 is 41.9. The van der Waals surface area contributed by atoms with Crippen LogP contribution in [0, 0.1) is 5.82 Å². The Kier molecular flexibility index (Phi) is 7.79. The first-order valence-electron chi connectivity index (χ1n) is 12.3. The summed E-state index contributed by atoms with van der Waals surface area (Å²) >= 11 is 6.14. The van der Waals surface area contributed by atoms with Crippen molar-refractivity contribution in [1.82, 2.24) is 9.88 Å². The van der Waals surface area contributed by atoms with Gasteiger partial charge >= 0.3 is 0 Å². The molecule has 0 spiro atoms. The standard InChI is InChI=1S/C26H29ClF3N5S/c1-36(21-9-11-34(12-10-21)19-3-2-4-19)35(20-7-8-23(28)22(27)13-20)16-18-6-5-17(15-31-18)24-14-25(26(29)30)33-32-24/h5-8,13,15,19,21,26H,1-4,9-12,14,16H2. The van der Waals surface area contributed by atoms with Crippen molar-refractivity contribution in [3.05, 3.63) is 58.6 Å². The summed E-state index contributed by atoms with van der Waals surface area (Å²) in [5.74, 6) is 4.11. The van der Waals surface area contributed by atoms with Crippen LogP contribution in [0.1, 0.15) is 49.8 Å². The van der Waals surface area contributed by atoms with E-state index in [1.807, 2.05) is 12.1 Å². The molecule has 0 bridgehead atoms. The van der Waals surface area contributed by atoms with Gasteiger partial charge in [-0.2, -0.15) is 10.2 Å². The fraction of sp³-hybridized carbons (Fsp3) is 0.462. The summed E-state index contributed by atoms with van der Waals surface area (Å²) in [6.45, 7) is 2.65. The van der Waals surface area contributed by atoms with Crippen molar-refractivity contribution in [1.29, 1.82) is 0 Å². The number of piperidine rings is 1. The number of hydrogen-bond acceptors (Lipinski definition) is 5. The Morgan fingerprint density at radius 2 is 1.89 bits per heavy atom. The number of anilines is 1. The number of nitrogens with zero attached hydrogens (tertiary/aromatic N) is 5. The van der Waals surface area contributed by atoms with Gasteiger partial charge in [0.2, 0.25) is 0 Å². The molecule has 10 heteroatoms. The molecule has 1 atom stereocenters. The molecule has 2 aromatic rings. The van der Waals surface area contributed by atoms with Crippen molar-refractivity contribution in [2.24, 2.45) is 10.2 Å². The van der Waals surface area contributed by atoms with Crippen molar-refractivity contribution < 1.29 is 13.2 Å². The molecule has 1 aromatic heterocycles. The van der Waals surface area contributed by atoms with Gasteiger partial charge in [-0.15, -0.1) is 0 Å². The Bertz CT molecular complexity index is 1170. The van der Waals surface area contributed by atoms with E-state index in [2.05, 4.69) is 30.3 Å². The zero-order chi connectivity index (χ0) is 25.2. The molecule has 1 aromatic carbocycles. The van der Waals surface area contributed by atoms with Crippen molar-refractivity contribution in [2.45, 2.75) is 62.8 Å². The fourth-order valence-corrected chi connectivity index (χ4v) is 6.85. The highest BCUT2D eigenvalue weighted by molar-refractivity contribution is 8.15. The molecule has 0 radical (unpaired) electrons. The number of halogens is 4. The van der Waals surface area contributed by atoms with Gasteiger partial charge in [-0.1, -0.05) is 34.6 Å². The molecule has 3 heterocycles. The summed E-state index contributed by atoms with van der Waals surface area (Å²) in [6.07, 6.45) is 5.18. The minimum absolute atomic E-state index is 0.0286. The van der Waals surface area contributed by atoms with Crippen LogP contribution in [0.25, 0.3) is 0 Å². The Labute approximate surface area is 217 Å². The quantitative estimate of drug-likeness (QED) is 0.371. The first-order chi connectivity index (χ1) is 17.4. The van der Waals surface area contributed by atoms with Crippen LogP contribution in [0.2, 0.25) is 5.02 Å². The van der Waals surface area contributed by atoms with E-state index < -0.39 is 12.2 Å². The van der Waals surface area contributed by atoms with Crippen molar-refractivity contribution >= 4 is 45.3 Å². The highest BCUT2D eigenvalue weighted by Crippen LogP contribution is 2.39. The van der Waals surface area contributed by atoms with Crippen LogP contribution < -0.4 is 4.31 Å². The van der Waals surface area contributed by atoms with Gasteiger partial charge in [0.25, 0.3) is 6.43 Å². The van der Waals surface area contributed by atoms with E-state index in [9.17, 15) is 13.2 Å². The van der Waals surface area contributed by atoms with Crippen molar-refractivity contribution in [3.63, 3.8) is 0 Å². The van der Waals surface area contributed by atoms with Crippen LogP contribution in [-0.2, 0) is 6.54 Å². The highest BCUT2D eigenvalue weighted by Gasteiger charge is 2.31. The molecule has 5 rings (SSSR count). The van der Waals surface area contributed by atoms with Crippen molar-refractivity contribution in [3.8, 4) is 0 Å². The lowest BCUT2D eigenvalue weighted by Crippen LogP contribution is -2.46. The SMILES string of the molecule is C=S(C1CCN(C2CCC2)CC1)N(Cc1ccc(C2=NN=C(C(F)F)C2)cn1)c1ccc(F)c(Cl)c1. The van der Waals surface area contributed by atoms with E-state index in [4.69, 9.17) is 11.6 Å². The van der Waals surface area contributed by atoms with Gasteiger partial charge < -0.3 is 9.21 Å². The molecule has 0 N–H and O–H groups in total. The average molecular weight is 536 g/mol. The lowest BCUT2D eigenvalue weighted by Gasteiger charge is -2.43. The van der Waals surface area contributed by atoms with Crippen LogP contribution in [-0.4, -0.2) is 58.0 Å². The summed E-state index contributed by atoms with van der Waals surface area (Å²) in [6, 6.07) is 9.22. The maximum Gasteiger partial charge on any atom is 0.278 e. The summed E-state index contributed by atoms with van der Waals surface area (Å²) in [5, 5.41) is 7.97. The van der Waals surface area contributed by atoms with Crippen LogP contribution in [0.3, 0.4) is 0 Å². The molecule has 192 valence electrons. The van der Waals surface area contributed by atoms with Gasteiger partial charge in [0.05, 0.1) is 23.0 Å². The van der Waals surface area contributed by atoms with Gasteiger partial charge in [0, 0.05) is 35.2 Å². The Morgan fingerprint density at radius 3 is 2.47 bits per heavy atom. The molecular formula is C26H29ClF3N5S. The Hall–Kier alpha value is -2.23. The second kappa shape index (κ2) is 11.0. The molecule has 1 unspecified atom stereocenters. The zero-order valence-electron chi connectivity index (χ0n) is 19.9. The van der Waals surface area contributed by atoms with E-state index in [1.165, 1.54) is 25.3 Å². The van der Waals surface area contributed by atoms with E-state index >= 15 is 0 Å². The Morgan fingerprint density at radius 1 is 1.11 bits per heavy atom. The third-order valence-corrected chi connectivity index (χ3v) is 9.73. The smallest absolute Gasteiger partial charge is 0.278 e. The lowest BCUT2D eigenvalue weighted by molar-refractivity contribution is 0.107. The maximum absolute atomic E-state index is 13.9. The predicted octanol–water partition coefficient (Wildman–Crippen LogP) is 6.33. The van der Waals surface area contributed by atoms with Crippen molar-refractivity contribution in [2.75, 3.05) is 17.4 Å². The first-order valence-corrected chi connectivity index (χ1v) is 14.0. The molecule has 0 amide bonds. The molecule has 2 fully saturated rings. The highest BCUT2D eigenvalue weighted by atomic mass is 35.5. The monoisotopic (exact) mass is 535 g/mol. The molecule has 36 heavy (non-hydrogen) atoms. The van der Waals surface area contributed by atoms with E-state index in [0.29, 0.717) is 23.1 Å². The molecular weight excluding hydrogens is 507 g/mol. The number of pyridine rings is 1. The number of hydrogen-bond donors (Lipinski definition) is 0. The summed E-state index contributed by atoms with van der Waals surface area (Å²) in [5.41, 5.74) is 2.54. The van der Waals surface area contributed by atoms with Crippen LogP contribution in [0.4, 0.5) is 18.9 Å². The summed E-state index contributed by atoms with van der Waals surface area (Å²) in [7, 11) is -0.380.